The molecule has 0 N–H and O–H groups in total. The SMILES string of the molecule is C=C1C(C)CC[C@H]1CCC(=C(C)C)/C(C)=C(/C)CCCC(=C/CC)/C=C(/F)CC. The fourth-order valence-electron chi connectivity index (χ4n) is 4.49. The van der Waals surface area contributed by atoms with Crippen LogP contribution in [0.3, 0.4) is 0 Å². The molecule has 0 aromatic carbocycles. The summed E-state index contributed by atoms with van der Waals surface area (Å²) in [5, 5.41) is 0. The molecule has 2 atom stereocenters. The standard InChI is InChI=1S/C28H45F/c1-9-12-25(19-27(29)10-2)14-11-13-21(5)24(8)28(20(3)4)18-17-26-16-15-22(6)23(26)7/h12,19,22,26H,7,9-11,13-18H2,1-6,8H3/b24-21-,25-12-,27-19+/t22?,26-/m0/s1. The number of rotatable bonds is 11. The molecular weight excluding hydrogens is 355 g/mol. The van der Waals surface area contributed by atoms with Gasteiger partial charge in [-0.15, -0.1) is 0 Å². The van der Waals surface area contributed by atoms with Crippen molar-refractivity contribution in [2.24, 2.45) is 11.8 Å². The van der Waals surface area contributed by atoms with E-state index in [0.717, 1.165) is 37.7 Å². The van der Waals surface area contributed by atoms with E-state index in [-0.39, 0.29) is 5.83 Å². The molecule has 1 unspecified atom stereocenters. The highest BCUT2D eigenvalue weighted by Crippen LogP contribution is 2.39. The first-order chi connectivity index (χ1) is 13.7. The lowest BCUT2D eigenvalue weighted by Crippen LogP contribution is -2.02. The van der Waals surface area contributed by atoms with Crippen LogP contribution in [-0.2, 0) is 0 Å². The molecule has 1 rings (SSSR count). The van der Waals surface area contributed by atoms with Crippen LogP contribution < -0.4 is 0 Å². The second-order valence-corrected chi connectivity index (χ2v) is 9.16. The topological polar surface area (TPSA) is 0 Å². The minimum Gasteiger partial charge on any atom is -0.212 e. The number of hydrogen-bond donors (Lipinski definition) is 0. The van der Waals surface area contributed by atoms with Gasteiger partial charge < -0.3 is 0 Å². The van der Waals surface area contributed by atoms with Crippen LogP contribution >= 0.6 is 0 Å². The average Bonchev–Trinajstić information content (AvgIpc) is 2.99. The van der Waals surface area contributed by atoms with Crippen molar-refractivity contribution in [3.63, 3.8) is 0 Å². The second kappa shape index (κ2) is 13.0. The maximum absolute atomic E-state index is 13.7. The van der Waals surface area contributed by atoms with Crippen LogP contribution in [-0.4, -0.2) is 0 Å². The molecule has 0 amide bonds. The van der Waals surface area contributed by atoms with Crippen LogP contribution in [0.25, 0.3) is 0 Å². The maximum Gasteiger partial charge on any atom is 0.0999 e. The summed E-state index contributed by atoms with van der Waals surface area (Å²) in [7, 11) is 0. The lowest BCUT2D eigenvalue weighted by Gasteiger charge is -2.18. The smallest absolute Gasteiger partial charge is 0.0999 e. The minimum atomic E-state index is -0.0113. The second-order valence-electron chi connectivity index (χ2n) is 9.16. The molecule has 0 aliphatic heterocycles. The molecule has 0 bridgehead atoms. The molecule has 0 aromatic rings. The first kappa shape index (κ1) is 25.7. The van der Waals surface area contributed by atoms with Gasteiger partial charge in [0.1, 0.15) is 0 Å². The first-order valence-electron chi connectivity index (χ1n) is 11.8. The van der Waals surface area contributed by atoms with Crippen LogP contribution in [0.15, 0.2) is 58.0 Å². The van der Waals surface area contributed by atoms with Gasteiger partial charge >= 0.3 is 0 Å². The molecule has 0 saturated heterocycles. The summed E-state index contributed by atoms with van der Waals surface area (Å²) in [6, 6.07) is 0. The van der Waals surface area contributed by atoms with Crippen LogP contribution in [0.5, 0.6) is 0 Å². The van der Waals surface area contributed by atoms with Crippen molar-refractivity contribution in [2.45, 2.75) is 106 Å². The van der Waals surface area contributed by atoms with Gasteiger partial charge in [-0.3, -0.25) is 0 Å². The molecular formula is C28H45F. The van der Waals surface area contributed by atoms with Gasteiger partial charge in [-0.1, -0.05) is 50.1 Å². The summed E-state index contributed by atoms with van der Waals surface area (Å²) in [5.74, 6) is 1.39. The Balaban J connectivity index is 2.72. The van der Waals surface area contributed by atoms with E-state index in [1.54, 1.807) is 6.08 Å². The van der Waals surface area contributed by atoms with E-state index in [4.69, 9.17) is 0 Å². The molecule has 1 fully saturated rings. The molecule has 0 radical (unpaired) electrons. The van der Waals surface area contributed by atoms with Gasteiger partial charge in [-0.2, -0.15) is 0 Å². The summed E-state index contributed by atoms with van der Waals surface area (Å²) in [6.07, 6.45) is 13.5. The highest BCUT2D eigenvalue weighted by molar-refractivity contribution is 5.36. The summed E-state index contributed by atoms with van der Waals surface area (Å²) >= 11 is 0. The highest BCUT2D eigenvalue weighted by Gasteiger charge is 2.25. The molecule has 0 heterocycles. The molecule has 0 spiro atoms. The lowest BCUT2D eigenvalue weighted by atomic mass is 9.87. The van der Waals surface area contributed by atoms with E-state index in [1.807, 2.05) is 6.92 Å². The monoisotopic (exact) mass is 400 g/mol. The van der Waals surface area contributed by atoms with E-state index in [0.29, 0.717) is 18.3 Å². The van der Waals surface area contributed by atoms with E-state index >= 15 is 0 Å². The van der Waals surface area contributed by atoms with Crippen molar-refractivity contribution >= 4 is 0 Å². The van der Waals surface area contributed by atoms with Crippen molar-refractivity contribution in [1.29, 1.82) is 0 Å². The van der Waals surface area contributed by atoms with Gasteiger partial charge in [0, 0.05) is 0 Å². The third kappa shape index (κ3) is 8.49. The van der Waals surface area contributed by atoms with Gasteiger partial charge in [0.15, 0.2) is 0 Å². The third-order valence-electron chi connectivity index (χ3n) is 6.71. The zero-order valence-electron chi connectivity index (χ0n) is 20.3. The fraction of sp³-hybridized carbons (Fsp3) is 0.643. The van der Waals surface area contributed by atoms with E-state index < -0.39 is 0 Å². The lowest BCUT2D eigenvalue weighted by molar-refractivity contribution is 0.571. The zero-order valence-corrected chi connectivity index (χ0v) is 20.3. The molecule has 1 heteroatoms. The van der Waals surface area contributed by atoms with Crippen molar-refractivity contribution in [3.8, 4) is 0 Å². The Hall–Kier alpha value is -1.37. The highest BCUT2D eigenvalue weighted by atomic mass is 19.1. The fourth-order valence-corrected chi connectivity index (χ4v) is 4.49. The van der Waals surface area contributed by atoms with Gasteiger partial charge in [0.05, 0.1) is 5.83 Å². The Labute approximate surface area is 180 Å². The normalized spacial score (nSPS) is 21.4. The molecule has 1 saturated carbocycles. The van der Waals surface area contributed by atoms with E-state index in [9.17, 15) is 4.39 Å². The Morgan fingerprint density at radius 1 is 1.07 bits per heavy atom. The Bertz CT molecular complexity index is 664. The number of halogens is 1. The largest absolute Gasteiger partial charge is 0.212 e. The molecule has 1 aliphatic rings. The number of hydrogen-bond acceptors (Lipinski definition) is 0. The van der Waals surface area contributed by atoms with Crippen molar-refractivity contribution in [2.75, 3.05) is 0 Å². The predicted octanol–water partition coefficient (Wildman–Crippen LogP) is 9.81. The van der Waals surface area contributed by atoms with Gasteiger partial charge in [0.2, 0.25) is 0 Å². The van der Waals surface area contributed by atoms with Crippen LogP contribution in [0.2, 0.25) is 0 Å². The minimum absolute atomic E-state index is 0.0113. The Kier molecular flexibility index (Phi) is 11.5. The average molecular weight is 401 g/mol. The quantitative estimate of drug-likeness (QED) is 0.239. The van der Waals surface area contributed by atoms with Gasteiger partial charge in [-0.05, 0) is 120 Å². The molecule has 0 aromatic heterocycles. The van der Waals surface area contributed by atoms with Gasteiger partial charge in [0.25, 0.3) is 0 Å². The van der Waals surface area contributed by atoms with Crippen molar-refractivity contribution in [1.82, 2.24) is 0 Å². The van der Waals surface area contributed by atoms with Crippen molar-refractivity contribution < 1.29 is 4.39 Å². The summed E-state index contributed by atoms with van der Waals surface area (Å²) in [4.78, 5) is 0. The van der Waals surface area contributed by atoms with Crippen LogP contribution in [0.1, 0.15) is 106 Å². The van der Waals surface area contributed by atoms with Crippen molar-refractivity contribution in [3.05, 3.63) is 58.0 Å². The van der Waals surface area contributed by atoms with Crippen LogP contribution in [0, 0.1) is 11.8 Å². The van der Waals surface area contributed by atoms with Gasteiger partial charge in [-0.25, -0.2) is 4.39 Å². The Morgan fingerprint density at radius 2 is 1.76 bits per heavy atom. The van der Waals surface area contributed by atoms with E-state index in [1.165, 1.54) is 47.1 Å². The number of allylic oxidation sites excluding steroid dienone is 9. The Morgan fingerprint density at radius 3 is 2.28 bits per heavy atom. The van der Waals surface area contributed by atoms with E-state index in [2.05, 4.69) is 54.2 Å². The third-order valence-corrected chi connectivity index (χ3v) is 6.71. The first-order valence-corrected chi connectivity index (χ1v) is 11.8. The molecule has 1 aliphatic carbocycles. The predicted molar refractivity (Wildman–Crippen MR) is 129 cm³/mol. The zero-order chi connectivity index (χ0) is 22.0. The maximum atomic E-state index is 13.7. The molecule has 29 heavy (non-hydrogen) atoms. The summed E-state index contributed by atoms with van der Waals surface area (Å²) in [6.45, 7) is 19.7. The molecule has 164 valence electrons. The summed E-state index contributed by atoms with van der Waals surface area (Å²) in [5.41, 5.74) is 8.55. The van der Waals surface area contributed by atoms with Crippen LogP contribution in [0.4, 0.5) is 4.39 Å². The molecule has 0 nitrogen and oxygen atoms in total. The summed E-state index contributed by atoms with van der Waals surface area (Å²) < 4.78 is 13.7.